The summed E-state index contributed by atoms with van der Waals surface area (Å²) in [6.45, 7) is 0. The molecule has 6 unspecified atom stereocenters. The number of ether oxygens (including phenoxy) is 3. The van der Waals surface area contributed by atoms with Crippen molar-refractivity contribution in [2.45, 2.75) is 28.5 Å². The number of alkyl halides is 3. The van der Waals surface area contributed by atoms with Crippen molar-refractivity contribution in [2.24, 2.45) is 17.8 Å². The minimum absolute atomic E-state index is 0.0951. The lowest BCUT2D eigenvalue weighted by atomic mass is 9.56. The van der Waals surface area contributed by atoms with Gasteiger partial charge in [-0.05, 0) is 94.9 Å². The Kier molecular flexibility index (Phi) is 9.67. The number of phenolic OH excluding ortho intramolecular Hbond substituents is 1. The summed E-state index contributed by atoms with van der Waals surface area (Å²) in [6.07, 6.45) is 5.73. The van der Waals surface area contributed by atoms with E-state index in [0.717, 1.165) is 16.0 Å². The number of hydrogen-bond donors (Lipinski definition) is 1. The maximum atomic E-state index is 14.5. The number of carbonyl (C=O) groups is 4. The number of halogens is 4. The van der Waals surface area contributed by atoms with E-state index in [0.29, 0.717) is 31.9 Å². The molecule has 6 atom stereocenters. The van der Waals surface area contributed by atoms with Crippen LogP contribution in [0.2, 0.25) is 0 Å². The van der Waals surface area contributed by atoms with Crippen LogP contribution in [0.4, 0.5) is 5.69 Å². The molecule has 4 amide bonds. The SMILES string of the molecule is COc1ccc(OC)c(C=Cc2ccc(N3C(=O)C4CC=C5C(CC6(Cl)C(=O)N(CBr)C(=O)C6(Cl)C5c5cc(I)c(O)c(OC)c5)C4C3=O)cc2)c1. The molecular formula is C38H32BrCl2IN2O8. The summed E-state index contributed by atoms with van der Waals surface area (Å²) in [4.78, 5) is 54.8. The normalized spacial score (nSPS) is 28.2. The minimum atomic E-state index is -1.97. The summed E-state index contributed by atoms with van der Waals surface area (Å²) in [6, 6.07) is 15.8. The molecule has 0 bridgehead atoms. The summed E-state index contributed by atoms with van der Waals surface area (Å²) < 4.78 is 16.7. The average Bonchev–Trinajstić information content (AvgIpc) is 3.48. The molecule has 7 rings (SSSR count). The first-order chi connectivity index (χ1) is 24.8. The highest BCUT2D eigenvalue weighted by atomic mass is 127. The maximum absolute atomic E-state index is 14.5. The van der Waals surface area contributed by atoms with Crippen molar-refractivity contribution in [2.75, 3.05) is 31.7 Å². The Balaban J connectivity index is 1.25. The molecule has 14 heteroatoms. The van der Waals surface area contributed by atoms with Crippen LogP contribution in [-0.2, 0) is 19.2 Å². The van der Waals surface area contributed by atoms with Crippen LogP contribution in [0.5, 0.6) is 23.0 Å². The number of fused-ring (bicyclic) bond motifs is 4. The quantitative estimate of drug-likeness (QED) is 0.0634. The average molecular weight is 922 g/mol. The van der Waals surface area contributed by atoms with Gasteiger partial charge in [0.25, 0.3) is 11.8 Å². The molecule has 4 aliphatic rings. The van der Waals surface area contributed by atoms with Crippen molar-refractivity contribution >= 4 is 103 Å². The van der Waals surface area contributed by atoms with E-state index < -0.39 is 51.1 Å². The highest BCUT2D eigenvalue weighted by Gasteiger charge is 2.76. The Morgan fingerprint density at radius 1 is 0.904 bits per heavy atom. The third-order valence-corrected chi connectivity index (χ3v) is 13.4. The van der Waals surface area contributed by atoms with Crippen LogP contribution in [0.3, 0.4) is 0 Å². The van der Waals surface area contributed by atoms with Gasteiger partial charge in [-0.2, -0.15) is 0 Å². The van der Waals surface area contributed by atoms with E-state index in [1.165, 1.54) is 12.0 Å². The highest BCUT2D eigenvalue weighted by molar-refractivity contribution is 14.1. The predicted octanol–water partition coefficient (Wildman–Crippen LogP) is 7.11. The van der Waals surface area contributed by atoms with Gasteiger partial charge in [0.2, 0.25) is 11.8 Å². The fraction of sp³-hybridized carbons (Fsp3) is 0.316. The molecule has 10 nitrogen and oxygen atoms in total. The molecule has 0 spiro atoms. The second kappa shape index (κ2) is 13.7. The number of carbonyl (C=O) groups excluding carboxylic acids is 4. The van der Waals surface area contributed by atoms with E-state index in [-0.39, 0.29) is 35.7 Å². The zero-order valence-electron chi connectivity index (χ0n) is 28.1. The molecule has 1 N–H and O–H groups in total. The van der Waals surface area contributed by atoms with E-state index in [9.17, 15) is 24.3 Å². The summed E-state index contributed by atoms with van der Waals surface area (Å²) in [5.41, 5.74) is 3.05. The molecule has 270 valence electrons. The molecular weight excluding hydrogens is 890 g/mol. The van der Waals surface area contributed by atoms with Gasteiger partial charge in [-0.25, -0.2) is 0 Å². The Morgan fingerprint density at radius 3 is 2.27 bits per heavy atom. The smallest absolute Gasteiger partial charge is 0.254 e. The molecule has 2 aliphatic carbocycles. The zero-order valence-corrected chi connectivity index (χ0v) is 33.3. The molecule has 2 aliphatic heterocycles. The molecule has 52 heavy (non-hydrogen) atoms. The monoisotopic (exact) mass is 920 g/mol. The van der Waals surface area contributed by atoms with Crippen LogP contribution in [0.1, 0.15) is 35.4 Å². The number of nitrogens with zero attached hydrogens (tertiary/aromatic N) is 2. The van der Waals surface area contributed by atoms with E-state index in [4.69, 9.17) is 37.4 Å². The number of phenols is 1. The fourth-order valence-electron chi connectivity index (χ4n) is 8.19. The van der Waals surface area contributed by atoms with E-state index >= 15 is 0 Å². The van der Waals surface area contributed by atoms with E-state index in [1.807, 2.05) is 71.2 Å². The lowest BCUT2D eigenvalue weighted by Crippen LogP contribution is -2.60. The van der Waals surface area contributed by atoms with Crippen molar-refractivity contribution in [3.8, 4) is 23.0 Å². The number of likely N-dealkylation sites (tertiary alicyclic amines) is 1. The van der Waals surface area contributed by atoms with Gasteiger partial charge in [0.1, 0.15) is 11.5 Å². The third kappa shape index (κ3) is 5.38. The van der Waals surface area contributed by atoms with Crippen LogP contribution >= 0.6 is 61.7 Å². The first-order valence-corrected chi connectivity index (χ1v) is 19.2. The molecule has 2 saturated heterocycles. The maximum Gasteiger partial charge on any atom is 0.254 e. The number of anilines is 1. The number of imide groups is 2. The number of aromatic hydroxyl groups is 1. The Morgan fingerprint density at radius 2 is 1.62 bits per heavy atom. The second-order valence-electron chi connectivity index (χ2n) is 13.1. The summed E-state index contributed by atoms with van der Waals surface area (Å²) in [5.74, 6) is -3.95. The van der Waals surface area contributed by atoms with Crippen LogP contribution in [0.15, 0.2) is 66.2 Å². The first kappa shape index (κ1) is 36.8. The topological polar surface area (TPSA) is 123 Å². The molecule has 3 aromatic rings. The molecule has 3 aromatic carbocycles. The molecule has 0 radical (unpaired) electrons. The molecule has 3 fully saturated rings. The van der Waals surface area contributed by atoms with Crippen LogP contribution in [0, 0.1) is 21.3 Å². The van der Waals surface area contributed by atoms with Gasteiger partial charge in [-0.1, -0.05) is 51.9 Å². The second-order valence-corrected chi connectivity index (χ2v) is 16.0. The van der Waals surface area contributed by atoms with Crippen LogP contribution < -0.4 is 19.1 Å². The number of amides is 4. The summed E-state index contributed by atoms with van der Waals surface area (Å²) >= 11 is 19.9. The van der Waals surface area contributed by atoms with Gasteiger partial charge in [0.05, 0.1) is 47.9 Å². The van der Waals surface area contributed by atoms with E-state index in [1.54, 1.807) is 38.5 Å². The number of methoxy groups -OCH3 is 3. The molecule has 0 aromatic heterocycles. The Hall–Kier alpha value is -3.59. The number of allylic oxidation sites excluding steroid dienone is 2. The van der Waals surface area contributed by atoms with E-state index in [2.05, 4.69) is 15.9 Å². The fourth-order valence-corrected chi connectivity index (χ4v) is 10.2. The zero-order chi connectivity index (χ0) is 37.3. The van der Waals surface area contributed by atoms with Crippen molar-refractivity contribution in [3.63, 3.8) is 0 Å². The summed E-state index contributed by atoms with van der Waals surface area (Å²) in [7, 11) is 4.59. The minimum Gasteiger partial charge on any atom is -0.504 e. The molecule has 1 saturated carbocycles. The van der Waals surface area contributed by atoms with Crippen molar-refractivity contribution < 1.29 is 38.5 Å². The van der Waals surface area contributed by atoms with Gasteiger partial charge in [-0.3, -0.25) is 29.0 Å². The number of hydrogen-bond acceptors (Lipinski definition) is 8. The van der Waals surface area contributed by atoms with Gasteiger partial charge >= 0.3 is 0 Å². The Labute approximate surface area is 331 Å². The standard InChI is InChI=1S/C38H32BrCl2IN2O8/c1-50-23-10-13-28(51-2)20(14-23)7-4-19-5-8-22(9-6-19)44-33(46)25-12-11-24-26(30(25)34(44)47)17-37(40)35(48)43(18-39)36(49)38(37,41)31(24)21-15-27(42)32(45)29(16-21)52-3/h4-11,13-16,25-26,30-31,45H,12,17-18H2,1-3H3. The highest BCUT2D eigenvalue weighted by Crippen LogP contribution is 2.66. The van der Waals surface area contributed by atoms with Gasteiger partial charge in [-0.15, -0.1) is 23.2 Å². The van der Waals surface area contributed by atoms with Crippen LogP contribution in [0.25, 0.3) is 12.2 Å². The van der Waals surface area contributed by atoms with Crippen LogP contribution in [-0.4, -0.2) is 70.2 Å². The van der Waals surface area contributed by atoms with Crippen molar-refractivity contribution in [1.29, 1.82) is 0 Å². The van der Waals surface area contributed by atoms with Gasteiger partial charge < -0.3 is 19.3 Å². The lowest BCUT2D eigenvalue weighted by Gasteiger charge is -2.50. The van der Waals surface area contributed by atoms with Crippen molar-refractivity contribution in [3.05, 3.63) is 86.5 Å². The number of rotatable bonds is 8. The largest absolute Gasteiger partial charge is 0.504 e. The van der Waals surface area contributed by atoms with Crippen molar-refractivity contribution in [1.82, 2.24) is 4.90 Å². The summed E-state index contributed by atoms with van der Waals surface area (Å²) in [5, 5.41) is 10.7. The third-order valence-electron chi connectivity index (χ3n) is 10.7. The molecule has 2 heterocycles. The lowest BCUT2D eigenvalue weighted by molar-refractivity contribution is -0.138. The number of benzene rings is 3. The first-order valence-electron chi connectivity index (χ1n) is 16.3. The Bertz CT molecular complexity index is 2090. The van der Waals surface area contributed by atoms with Gasteiger partial charge in [0.15, 0.2) is 21.2 Å². The van der Waals surface area contributed by atoms with Gasteiger partial charge in [0, 0.05) is 11.5 Å². The predicted molar refractivity (Wildman–Crippen MR) is 208 cm³/mol.